The SMILES string of the molecule is NCCCCC(N)C(=O)NC(CC(N)=O)C(=O)NC(Cc1ccc(O)cc1)C(=O)NC(CC(N)=O)C(=O)O. The largest absolute Gasteiger partial charge is 0.508 e. The molecule has 0 saturated heterocycles. The number of amides is 5. The van der Waals surface area contributed by atoms with Crippen molar-refractivity contribution in [1.29, 1.82) is 0 Å². The quantitative estimate of drug-likeness (QED) is 0.0891. The maximum Gasteiger partial charge on any atom is 0.326 e. The number of nitrogens with two attached hydrogens (primary N) is 4. The lowest BCUT2D eigenvalue weighted by Crippen LogP contribution is -2.58. The van der Waals surface area contributed by atoms with Crippen molar-refractivity contribution in [3.63, 3.8) is 0 Å². The van der Waals surface area contributed by atoms with Gasteiger partial charge in [-0.2, -0.15) is 0 Å². The van der Waals surface area contributed by atoms with Gasteiger partial charge in [0.1, 0.15) is 23.9 Å². The Balaban J connectivity index is 3.13. The van der Waals surface area contributed by atoms with Crippen LogP contribution in [0.5, 0.6) is 5.75 Å². The summed E-state index contributed by atoms with van der Waals surface area (Å²) >= 11 is 0. The van der Waals surface area contributed by atoms with E-state index in [1.807, 2.05) is 0 Å². The average molecular weight is 538 g/mol. The van der Waals surface area contributed by atoms with Crippen LogP contribution in [0.4, 0.5) is 0 Å². The predicted octanol–water partition coefficient (Wildman–Crippen LogP) is -3.32. The molecule has 0 saturated carbocycles. The molecule has 0 aliphatic rings. The van der Waals surface area contributed by atoms with Crippen molar-refractivity contribution < 1.29 is 39.0 Å². The predicted molar refractivity (Wildman–Crippen MR) is 134 cm³/mol. The Kier molecular flexibility index (Phi) is 13.2. The number of unbranched alkanes of at least 4 members (excludes halogenated alkanes) is 1. The summed E-state index contributed by atoms with van der Waals surface area (Å²) in [5.41, 5.74) is 22.0. The second-order valence-corrected chi connectivity index (χ2v) is 8.62. The van der Waals surface area contributed by atoms with Crippen LogP contribution in [0, 0.1) is 0 Å². The molecule has 0 fully saturated rings. The molecule has 13 N–H and O–H groups in total. The van der Waals surface area contributed by atoms with Crippen LogP contribution in [0.1, 0.15) is 37.7 Å². The molecule has 15 heteroatoms. The highest BCUT2D eigenvalue weighted by Crippen LogP contribution is 2.12. The second kappa shape index (κ2) is 15.8. The number of carbonyl (C=O) groups is 6. The monoisotopic (exact) mass is 537 g/mol. The first-order chi connectivity index (χ1) is 17.8. The minimum Gasteiger partial charge on any atom is -0.508 e. The van der Waals surface area contributed by atoms with Crippen molar-refractivity contribution in [2.75, 3.05) is 6.54 Å². The van der Waals surface area contributed by atoms with Gasteiger partial charge < -0.3 is 49.1 Å². The van der Waals surface area contributed by atoms with Crippen LogP contribution in [0.3, 0.4) is 0 Å². The van der Waals surface area contributed by atoms with Crippen molar-refractivity contribution in [2.45, 2.75) is 62.7 Å². The molecule has 5 amide bonds. The fourth-order valence-corrected chi connectivity index (χ4v) is 3.35. The van der Waals surface area contributed by atoms with Crippen LogP contribution in [0.2, 0.25) is 0 Å². The molecule has 1 rings (SSSR count). The highest BCUT2D eigenvalue weighted by atomic mass is 16.4. The molecule has 38 heavy (non-hydrogen) atoms. The topological polar surface area (TPSA) is 283 Å². The van der Waals surface area contributed by atoms with Gasteiger partial charge in [-0.1, -0.05) is 18.6 Å². The lowest BCUT2D eigenvalue weighted by molar-refractivity contribution is -0.143. The molecule has 1 aromatic carbocycles. The Morgan fingerprint density at radius 1 is 0.763 bits per heavy atom. The van der Waals surface area contributed by atoms with Crippen molar-refractivity contribution >= 4 is 35.5 Å². The lowest BCUT2D eigenvalue weighted by atomic mass is 10.0. The number of aromatic hydroxyl groups is 1. The molecule has 0 aliphatic heterocycles. The zero-order valence-corrected chi connectivity index (χ0v) is 20.7. The van der Waals surface area contributed by atoms with Crippen molar-refractivity contribution in [3.8, 4) is 5.75 Å². The Labute approximate surface area is 218 Å². The number of carboxylic acids is 1. The zero-order chi connectivity index (χ0) is 28.8. The van der Waals surface area contributed by atoms with E-state index >= 15 is 0 Å². The fourth-order valence-electron chi connectivity index (χ4n) is 3.35. The summed E-state index contributed by atoms with van der Waals surface area (Å²) in [4.78, 5) is 72.8. The maximum atomic E-state index is 13.1. The number of primary amides is 2. The molecule has 4 atom stereocenters. The molecule has 1 aromatic rings. The third kappa shape index (κ3) is 11.7. The van der Waals surface area contributed by atoms with E-state index in [2.05, 4.69) is 16.0 Å². The van der Waals surface area contributed by atoms with Gasteiger partial charge in [0.05, 0.1) is 18.9 Å². The minimum atomic E-state index is -1.67. The summed E-state index contributed by atoms with van der Waals surface area (Å²) in [6.45, 7) is 0.410. The molecule has 0 aliphatic carbocycles. The third-order valence-electron chi connectivity index (χ3n) is 5.37. The molecule has 0 spiro atoms. The molecule has 0 radical (unpaired) electrons. The Morgan fingerprint density at radius 3 is 1.79 bits per heavy atom. The van der Waals surface area contributed by atoms with Gasteiger partial charge in [0.15, 0.2) is 0 Å². The number of aliphatic carboxylic acids is 1. The normalized spacial score (nSPS) is 13.8. The molecule has 15 nitrogen and oxygen atoms in total. The molecule has 0 heterocycles. The van der Waals surface area contributed by atoms with E-state index in [4.69, 9.17) is 22.9 Å². The number of phenols is 1. The van der Waals surface area contributed by atoms with Crippen LogP contribution < -0.4 is 38.9 Å². The van der Waals surface area contributed by atoms with Gasteiger partial charge >= 0.3 is 5.97 Å². The first-order valence-electron chi connectivity index (χ1n) is 11.8. The molecule has 210 valence electrons. The zero-order valence-electron chi connectivity index (χ0n) is 20.7. The number of carboxylic acid groups (broad SMARTS) is 1. The molecule has 4 unspecified atom stereocenters. The van der Waals surface area contributed by atoms with Crippen molar-refractivity contribution in [2.24, 2.45) is 22.9 Å². The van der Waals surface area contributed by atoms with Gasteiger partial charge in [0, 0.05) is 6.42 Å². The molecule has 0 aromatic heterocycles. The third-order valence-corrected chi connectivity index (χ3v) is 5.37. The fraction of sp³-hybridized carbons (Fsp3) is 0.478. The number of hydrogen-bond acceptors (Lipinski definition) is 9. The summed E-state index contributed by atoms with van der Waals surface area (Å²) in [7, 11) is 0. The number of rotatable bonds is 17. The van der Waals surface area contributed by atoms with Gasteiger partial charge in [-0.05, 0) is 37.1 Å². The van der Waals surface area contributed by atoms with Crippen LogP contribution >= 0.6 is 0 Å². The van der Waals surface area contributed by atoms with E-state index in [9.17, 15) is 39.0 Å². The average Bonchev–Trinajstić information content (AvgIpc) is 2.83. The van der Waals surface area contributed by atoms with Crippen molar-refractivity contribution in [1.82, 2.24) is 16.0 Å². The van der Waals surface area contributed by atoms with E-state index in [-0.39, 0.29) is 18.6 Å². The standard InChI is InChI=1S/C23H35N7O8/c24-8-2-1-3-14(25)20(34)28-16(10-18(26)32)22(36)29-15(9-12-4-6-13(31)7-5-12)21(35)30-17(23(37)38)11-19(27)33/h4-7,14-17,31H,1-3,8-11,24-25H2,(H2,26,32)(H2,27,33)(H,28,34)(H,29,36)(H,30,35)(H,37,38). The van der Waals surface area contributed by atoms with E-state index in [0.29, 0.717) is 24.9 Å². The van der Waals surface area contributed by atoms with E-state index in [0.717, 1.165) is 0 Å². The summed E-state index contributed by atoms with van der Waals surface area (Å²) in [5.74, 6) is -6.17. The van der Waals surface area contributed by atoms with Gasteiger partial charge in [-0.25, -0.2) is 4.79 Å². The summed E-state index contributed by atoms with van der Waals surface area (Å²) in [6.07, 6.45) is -0.0354. The van der Waals surface area contributed by atoms with E-state index in [1.165, 1.54) is 24.3 Å². The first kappa shape index (κ1) is 31.8. The van der Waals surface area contributed by atoms with Crippen LogP contribution in [-0.4, -0.2) is 76.4 Å². The number of nitrogens with one attached hydrogen (secondary N) is 3. The molecular formula is C23H35N7O8. The van der Waals surface area contributed by atoms with Gasteiger partial charge in [0.2, 0.25) is 29.5 Å². The Bertz CT molecular complexity index is 1000. The van der Waals surface area contributed by atoms with Gasteiger partial charge in [-0.3, -0.25) is 24.0 Å². The summed E-state index contributed by atoms with van der Waals surface area (Å²) in [5, 5.41) is 25.7. The highest BCUT2D eigenvalue weighted by molar-refractivity contribution is 5.96. The molecular weight excluding hydrogens is 502 g/mol. The number of hydrogen-bond donors (Lipinski definition) is 9. The van der Waals surface area contributed by atoms with Gasteiger partial charge in [-0.15, -0.1) is 0 Å². The van der Waals surface area contributed by atoms with Crippen LogP contribution in [0.15, 0.2) is 24.3 Å². The van der Waals surface area contributed by atoms with E-state index in [1.54, 1.807) is 0 Å². The van der Waals surface area contributed by atoms with Crippen molar-refractivity contribution in [3.05, 3.63) is 29.8 Å². The summed E-state index contributed by atoms with van der Waals surface area (Å²) < 4.78 is 0. The maximum absolute atomic E-state index is 13.1. The smallest absolute Gasteiger partial charge is 0.326 e. The number of benzene rings is 1. The Hall–Kier alpha value is -4.24. The lowest BCUT2D eigenvalue weighted by Gasteiger charge is -2.25. The second-order valence-electron chi connectivity index (χ2n) is 8.62. The van der Waals surface area contributed by atoms with E-state index < -0.39 is 72.5 Å². The van der Waals surface area contributed by atoms with Crippen LogP contribution in [0.25, 0.3) is 0 Å². The minimum absolute atomic E-state index is 0.0572. The Morgan fingerprint density at radius 2 is 1.26 bits per heavy atom. The summed E-state index contributed by atoms with van der Waals surface area (Å²) in [6, 6.07) is 0.0101. The number of carbonyl (C=O) groups excluding carboxylic acids is 5. The van der Waals surface area contributed by atoms with Crippen LogP contribution in [-0.2, 0) is 35.2 Å². The highest BCUT2D eigenvalue weighted by Gasteiger charge is 2.31. The van der Waals surface area contributed by atoms with Gasteiger partial charge in [0.25, 0.3) is 0 Å². The molecule has 0 bridgehead atoms. The number of phenolic OH excluding ortho intramolecular Hbond substituents is 1. The first-order valence-corrected chi connectivity index (χ1v) is 11.8.